The van der Waals surface area contributed by atoms with Crippen LogP contribution in [0.25, 0.3) is 0 Å². The van der Waals surface area contributed by atoms with Gasteiger partial charge in [-0.2, -0.15) is 0 Å². The van der Waals surface area contributed by atoms with Gasteiger partial charge in [0, 0.05) is 11.5 Å². The van der Waals surface area contributed by atoms with Gasteiger partial charge in [-0.3, -0.25) is 4.79 Å². The summed E-state index contributed by atoms with van der Waals surface area (Å²) in [7, 11) is 1.49. The van der Waals surface area contributed by atoms with Crippen molar-refractivity contribution < 1.29 is 13.9 Å². The summed E-state index contributed by atoms with van der Waals surface area (Å²) in [5.74, 6) is -0.0988. The normalized spacial score (nSPS) is 17.8. The molecule has 1 saturated heterocycles. The van der Waals surface area contributed by atoms with E-state index >= 15 is 0 Å². The monoisotopic (exact) mass is 279 g/mol. The number of rotatable bonds is 5. The van der Waals surface area contributed by atoms with Crippen LogP contribution in [0.15, 0.2) is 18.2 Å². The van der Waals surface area contributed by atoms with Gasteiger partial charge in [0.05, 0.1) is 12.7 Å². The Balaban J connectivity index is 2.32. The number of hydrogen-bond acceptors (Lipinski definition) is 3. The number of methoxy groups -OCH3 is 1. The molecule has 1 N–H and O–H groups in total. The van der Waals surface area contributed by atoms with Gasteiger partial charge in [-0.15, -0.1) is 0 Å². The fourth-order valence-electron chi connectivity index (χ4n) is 3.07. The largest absolute Gasteiger partial charge is 0.497 e. The molecule has 0 atom stereocenters. The minimum atomic E-state index is -0.483. The van der Waals surface area contributed by atoms with Crippen LogP contribution in [-0.4, -0.2) is 26.0 Å². The maximum atomic E-state index is 14.1. The molecule has 0 unspecified atom stereocenters. The lowest BCUT2D eigenvalue weighted by atomic mass is 9.70. The lowest BCUT2D eigenvalue weighted by molar-refractivity contribution is 0.0699. The maximum Gasteiger partial charge on any atom is 0.172 e. The zero-order valence-electron chi connectivity index (χ0n) is 12.2. The minimum absolute atomic E-state index is 0.0546. The zero-order valence-corrected chi connectivity index (χ0v) is 12.2. The number of carbonyl (C=O) groups excluding carboxylic acids is 1. The van der Waals surface area contributed by atoms with Crippen LogP contribution in [0.3, 0.4) is 0 Å². The average molecular weight is 279 g/mol. The number of halogens is 1. The van der Waals surface area contributed by atoms with Gasteiger partial charge in [-0.05, 0) is 44.5 Å². The fraction of sp³-hybridized carbons (Fsp3) is 0.562. The van der Waals surface area contributed by atoms with Crippen LogP contribution in [0.4, 0.5) is 4.39 Å². The summed E-state index contributed by atoms with van der Waals surface area (Å²) in [5.41, 5.74) is -0.212. The molecule has 0 bridgehead atoms. The second-order valence-electron chi connectivity index (χ2n) is 5.46. The lowest BCUT2D eigenvalue weighted by Crippen LogP contribution is -2.42. The van der Waals surface area contributed by atoms with Gasteiger partial charge in [0.15, 0.2) is 5.78 Å². The van der Waals surface area contributed by atoms with E-state index in [0.29, 0.717) is 5.75 Å². The van der Waals surface area contributed by atoms with Gasteiger partial charge in [0.1, 0.15) is 11.6 Å². The van der Waals surface area contributed by atoms with E-state index in [2.05, 4.69) is 12.2 Å². The van der Waals surface area contributed by atoms with Crippen LogP contribution < -0.4 is 10.1 Å². The molecule has 0 saturated carbocycles. The van der Waals surface area contributed by atoms with Crippen LogP contribution >= 0.6 is 0 Å². The van der Waals surface area contributed by atoms with Crippen LogP contribution in [-0.2, 0) is 0 Å². The van der Waals surface area contributed by atoms with Crippen LogP contribution in [0, 0.1) is 11.2 Å². The molecule has 4 heteroatoms. The molecule has 1 aromatic carbocycles. The highest BCUT2D eigenvalue weighted by atomic mass is 19.1. The van der Waals surface area contributed by atoms with E-state index in [4.69, 9.17) is 4.74 Å². The number of ether oxygens (including phenoxy) is 1. The van der Waals surface area contributed by atoms with Gasteiger partial charge in [-0.25, -0.2) is 4.39 Å². The van der Waals surface area contributed by atoms with Crippen molar-refractivity contribution in [3.63, 3.8) is 0 Å². The highest BCUT2D eigenvalue weighted by Crippen LogP contribution is 2.38. The summed E-state index contributed by atoms with van der Waals surface area (Å²) < 4.78 is 19.1. The van der Waals surface area contributed by atoms with E-state index in [1.54, 1.807) is 12.1 Å². The second kappa shape index (κ2) is 6.35. The molecule has 3 nitrogen and oxygen atoms in total. The first-order chi connectivity index (χ1) is 9.63. The van der Waals surface area contributed by atoms with Gasteiger partial charge < -0.3 is 10.1 Å². The van der Waals surface area contributed by atoms with E-state index in [9.17, 15) is 9.18 Å². The summed E-state index contributed by atoms with van der Waals surface area (Å²) >= 11 is 0. The standard InChI is InChI=1S/C16H22FNO2/c1-3-6-16(7-9-18-10-8-16)15(19)13-5-4-12(20-2)11-14(13)17/h4-5,11,18H,3,6-10H2,1-2H3. The molecule has 2 rings (SSSR count). The fourth-order valence-corrected chi connectivity index (χ4v) is 3.07. The Hall–Kier alpha value is -1.42. The summed E-state index contributed by atoms with van der Waals surface area (Å²) in [5, 5.41) is 3.27. The molecule has 1 aromatic rings. The van der Waals surface area contributed by atoms with E-state index in [1.807, 2.05) is 0 Å². The topological polar surface area (TPSA) is 38.3 Å². The Bertz CT molecular complexity index is 476. The minimum Gasteiger partial charge on any atom is -0.497 e. The SMILES string of the molecule is CCCC1(C(=O)c2ccc(OC)cc2F)CCNCC1. The first-order valence-corrected chi connectivity index (χ1v) is 7.22. The van der Waals surface area contributed by atoms with Crippen molar-refractivity contribution in [3.8, 4) is 5.75 Å². The number of carbonyl (C=O) groups is 1. The van der Waals surface area contributed by atoms with E-state index in [0.717, 1.165) is 38.8 Å². The van der Waals surface area contributed by atoms with E-state index in [1.165, 1.54) is 13.2 Å². The van der Waals surface area contributed by atoms with E-state index < -0.39 is 11.2 Å². The number of hydrogen-bond donors (Lipinski definition) is 1. The van der Waals surface area contributed by atoms with Crippen LogP contribution in [0.5, 0.6) is 5.75 Å². The lowest BCUT2D eigenvalue weighted by Gasteiger charge is -2.36. The molecule has 1 heterocycles. The van der Waals surface area contributed by atoms with Crippen molar-refractivity contribution in [2.24, 2.45) is 5.41 Å². The predicted molar refractivity (Wildman–Crippen MR) is 76.7 cm³/mol. The summed E-state index contributed by atoms with van der Waals surface area (Å²) in [6.07, 6.45) is 3.32. The Labute approximate surface area is 119 Å². The molecular weight excluding hydrogens is 257 g/mol. The van der Waals surface area contributed by atoms with Crippen molar-refractivity contribution in [1.82, 2.24) is 5.32 Å². The predicted octanol–water partition coefficient (Wildman–Crippen LogP) is 3.19. The molecule has 0 aliphatic carbocycles. The van der Waals surface area contributed by atoms with Crippen LogP contribution in [0.2, 0.25) is 0 Å². The quantitative estimate of drug-likeness (QED) is 0.841. The number of nitrogens with one attached hydrogen (secondary N) is 1. The first-order valence-electron chi connectivity index (χ1n) is 7.22. The number of Topliss-reactive ketones (excluding diaryl/α,β-unsaturated/α-hetero) is 1. The van der Waals surface area contributed by atoms with E-state index in [-0.39, 0.29) is 11.3 Å². The van der Waals surface area contributed by atoms with Gasteiger partial charge in [0.25, 0.3) is 0 Å². The molecule has 0 spiro atoms. The second-order valence-corrected chi connectivity index (χ2v) is 5.46. The van der Waals surface area contributed by atoms with Gasteiger partial charge >= 0.3 is 0 Å². The molecular formula is C16H22FNO2. The Morgan fingerprint density at radius 3 is 2.65 bits per heavy atom. The van der Waals surface area contributed by atoms with Gasteiger partial charge in [-0.1, -0.05) is 13.3 Å². The third-order valence-corrected chi connectivity index (χ3v) is 4.19. The number of benzene rings is 1. The average Bonchev–Trinajstić information content (AvgIpc) is 2.47. The highest BCUT2D eigenvalue weighted by Gasteiger charge is 2.39. The van der Waals surface area contributed by atoms with Gasteiger partial charge in [0.2, 0.25) is 0 Å². The Morgan fingerprint density at radius 2 is 2.10 bits per heavy atom. The Kier molecular flexibility index (Phi) is 4.76. The molecule has 0 radical (unpaired) electrons. The van der Waals surface area contributed by atoms with Crippen molar-refractivity contribution in [1.29, 1.82) is 0 Å². The molecule has 1 aliphatic heterocycles. The molecule has 1 fully saturated rings. The summed E-state index contributed by atoms with van der Waals surface area (Å²) in [4.78, 5) is 12.8. The molecule has 1 aliphatic rings. The van der Waals surface area contributed by atoms with Crippen molar-refractivity contribution in [3.05, 3.63) is 29.6 Å². The van der Waals surface area contributed by atoms with Crippen LogP contribution in [0.1, 0.15) is 43.0 Å². The third kappa shape index (κ3) is 2.85. The van der Waals surface area contributed by atoms with Crippen molar-refractivity contribution in [2.45, 2.75) is 32.6 Å². The Morgan fingerprint density at radius 1 is 1.40 bits per heavy atom. The van der Waals surface area contributed by atoms with Crippen molar-refractivity contribution >= 4 is 5.78 Å². The van der Waals surface area contributed by atoms with Crippen molar-refractivity contribution in [2.75, 3.05) is 20.2 Å². The summed E-state index contributed by atoms with van der Waals surface area (Å²) in [6.45, 7) is 3.72. The zero-order chi connectivity index (χ0) is 14.6. The smallest absolute Gasteiger partial charge is 0.172 e. The number of ketones is 1. The molecule has 110 valence electrons. The molecule has 20 heavy (non-hydrogen) atoms. The number of piperidine rings is 1. The maximum absolute atomic E-state index is 14.1. The first kappa shape index (κ1) is 15.0. The molecule has 0 amide bonds. The highest BCUT2D eigenvalue weighted by molar-refractivity contribution is 6.01. The third-order valence-electron chi connectivity index (χ3n) is 4.19. The summed E-state index contributed by atoms with van der Waals surface area (Å²) in [6, 6.07) is 4.49. The molecule has 0 aromatic heterocycles.